The van der Waals surface area contributed by atoms with Crippen molar-refractivity contribution >= 4 is 29.1 Å². The standard InChI is InChI=1S/C13H18Cl2N2O2/c1-3-16-9(2)7-17-13(18)8-19-12-6-10(14)4-5-11(12)15/h4-6,9,16H,3,7-8H2,1-2H3,(H,17,18)/t9-/m1/s1. The number of rotatable bonds is 7. The van der Waals surface area contributed by atoms with Crippen molar-refractivity contribution in [3.8, 4) is 5.75 Å². The lowest BCUT2D eigenvalue weighted by Crippen LogP contribution is -2.40. The molecule has 4 nitrogen and oxygen atoms in total. The van der Waals surface area contributed by atoms with Gasteiger partial charge in [0.25, 0.3) is 5.91 Å². The van der Waals surface area contributed by atoms with Crippen LogP contribution < -0.4 is 15.4 Å². The van der Waals surface area contributed by atoms with Crippen LogP contribution in [0.5, 0.6) is 5.75 Å². The fourth-order valence-electron chi connectivity index (χ4n) is 1.47. The normalized spacial score (nSPS) is 12.0. The van der Waals surface area contributed by atoms with E-state index in [0.29, 0.717) is 22.3 Å². The molecule has 0 bridgehead atoms. The summed E-state index contributed by atoms with van der Waals surface area (Å²) in [4.78, 5) is 11.6. The second-order valence-corrected chi connectivity index (χ2v) is 4.97. The first-order chi connectivity index (χ1) is 9.02. The Kier molecular flexibility index (Phi) is 6.99. The molecule has 0 saturated carbocycles. The number of halogens is 2. The maximum absolute atomic E-state index is 11.6. The molecule has 2 N–H and O–H groups in total. The SMILES string of the molecule is CCN[C@H](C)CNC(=O)COc1cc(Cl)ccc1Cl. The van der Waals surface area contributed by atoms with Gasteiger partial charge in [0.2, 0.25) is 0 Å². The van der Waals surface area contributed by atoms with Crippen LogP contribution in [0.3, 0.4) is 0 Å². The number of ether oxygens (including phenoxy) is 1. The molecule has 1 rings (SSSR count). The zero-order valence-electron chi connectivity index (χ0n) is 11.0. The van der Waals surface area contributed by atoms with Gasteiger partial charge in [-0.1, -0.05) is 30.1 Å². The highest BCUT2D eigenvalue weighted by Crippen LogP contribution is 2.27. The third-order valence-electron chi connectivity index (χ3n) is 2.41. The van der Waals surface area contributed by atoms with Crippen LogP contribution in [0.2, 0.25) is 10.0 Å². The highest BCUT2D eigenvalue weighted by atomic mass is 35.5. The molecule has 106 valence electrons. The van der Waals surface area contributed by atoms with E-state index in [-0.39, 0.29) is 18.6 Å². The summed E-state index contributed by atoms with van der Waals surface area (Å²) in [6.45, 7) is 5.35. The van der Waals surface area contributed by atoms with E-state index in [4.69, 9.17) is 27.9 Å². The largest absolute Gasteiger partial charge is 0.482 e. The molecule has 0 aliphatic heterocycles. The van der Waals surface area contributed by atoms with E-state index in [1.54, 1.807) is 18.2 Å². The molecule has 0 fully saturated rings. The number of benzene rings is 1. The van der Waals surface area contributed by atoms with Crippen LogP contribution in [0.4, 0.5) is 0 Å². The molecule has 0 aliphatic rings. The molecule has 1 aromatic rings. The van der Waals surface area contributed by atoms with E-state index in [1.807, 2.05) is 13.8 Å². The number of amides is 1. The summed E-state index contributed by atoms with van der Waals surface area (Å²) in [5, 5.41) is 6.91. The molecule has 0 aliphatic carbocycles. The molecular formula is C13H18Cl2N2O2. The summed E-state index contributed by atoms with van der Waals surface area (Å²) in [5.74, 6) is 0.213. The van der Waals surface area contributed by atoms with Crippen molar-refractivity contribution < 1.29 is 9.53 Å². The monoisotopic (exact) mass is 304 g/mol. The number of carbonyl (C=O) groups excluding carboxylic acids is 1. The minimum atomic E-state index is -0.194. The average Bonchev–Trinajstić information content (AvgIpc) is 2.38. The van der Waals surface area contributed by atoms with Crippen LogP contribution in [0.15, 0.2) is 18.2 Å². The van der Waals surface area contributed by atoms with Gasteiger partial charge in [0, 0.05) is 23.7 Å². The third-order valence-corrected chi connectivity index (χ3v) is 2.96. The van der Waals surface area contributed by atoms with Gasteiger partial charge in [0.15, 0.2) is 6.61 Å². The Hall–Kier alpha value is -0.970. The Bertz CT molecular complexity index is 427. The van der Waals surface area contributed by atoms with Gasteiger partial charge in [0.05, 0.1) is 5.02 Å². The van der Waals surface area contributed by atoms with Crippen molar-refractivity contribution in [2.45, 2.75) is 19.9 Å². The van der Waals surface area contributed by atoms with E-state index in [2.05, 4.69) is 10.6 Å². The van der Waals surface area contributed by atoms with Crippen LogP contribution in [0, 0.1) is 0 Å². The molecule has 1 atom stereocenters. The molecule has 0 spiro atoms. The number of likely N-dealkylation sites (N-methyl/N-ethyl adjacent to an activating group) is 1. The Labute approximate surface area is 123 Å². The van der Waals surface area contributed by atoms with Gasteiger partial charge in [0.1, 0.15) is 5.75 Å². The first-order valence-corrected chi connectivity index (χ1v) is 6.86. The second-order valence-electron chi connectivity index (χ2n) is 4.13. The van der Waals surface area contributed by atoms with Gasteiger partial charge in [-0.3, -0.25) is 4.79 Å². The highest BCUT2D eigenvalue weighted by Gasteiger charge is 2.07. The Morgan fingerprint density at radius 3 is 2.84 bits per heavy atom. The van der Waals surface area contributed by atoms with E-state index >= 15 is 0 Å². The van der Waals surface area contributed by atoms with E-state index in [1.165, 1.54) is 0 Å². The predicted molar refractivity (Wildman–Crippen MR) is 78.1 cm³/mol. The molecule has 0 unspecified atom stereocenters. The Morgan fingerprint density at radius 2 is 2.16 bits per heavy atom. The van der Waals surface area contributed by atoms with Crippen molar-refractivity contribution in [3.63, 3.8) is 0 Å². The minimum absolute atomic E-state index is 0.0844. The van der Waals surface area contributed by atoms with Gasteiger partial charge in [-0.15, -0.1) is 0 Å². The molecular weight excluding hydrogens is 287 g/mol. The molecule has 0 radical (unpaired) electrons. The summed E-state index contributed by atoms with van der Waals surface area (Å²) in [5.41, 5.74) is 0. The molecule has 0 heterocycles. The molecule has 1 aromatic carbocycles. The average molecular weight is 305 g/mol. The van der Waals surface area contributed by atoms with Crippen molar-refractivity contribution in [1.29, 1.82) is 0 Å². The number of nitrogens with one attached hydrogen (secondary N) is 2. The first kappa shape index (κ1) is 16.1. The number of hydrogen-bond acceptors (Lipinski definition) is 3. The van der Waals surface area contributed by atoms with E-state index in [9.17, 15) is 4.79 Å². The topological polar surface area (TPSA) is 50.4 Å². The zero-order chi connectivity index (χ0) is 14.3. The zero-order valence-corrected chi connectivity index (χ0v) is 12.5. The van der Waals surface area contributed by atoms with E-state index < -0.39 is 0 Å². The Balaban J connectivity index is 2.35. The van der Waals surface area contributed by atoms with Gasteiger partial charge in [-0.25, -0.2) is 0 Å². The van der Waals surface area contributed by atoms with Crippen molar-refractivity contribution in [2.75, 3.05) is 19.7 Å². The lowest BCUT2D eigenvalue weighted by Gasteiger charge is -2.13. The molecule has 1 amide bonds. The molecule has 0 saturated heterocycles. The van der Waals surface area contributed by atoms with Gasteiger partial charge >= 0.3 is 0 Å². The number of hydrogen-bond donors (Lipinski definition) is 2. The summed E-state index contributed by atoms with van der Waals surface area (Å²) < 4.78 is 5.32. The maximum Gasteiger partial charge on any atom is 0.257 e. The summed E-state index contributed by atoms with van der Waals surface area (Å²) in [6.07, 6.45) is 0. The first-order valence-electron chi connectivity index (χ1n) is 6.10. The fraction of sp³-hybridized carbons (Fsp3) is 0.462. The molecule has 0 aromatic heterocycles. The summed E-state index contributed by atoms with van der Waals surface area (Å²) in [7, 11) is 0. The lowest BCUT2D eigenvalue weighted by atomic mass is 10.3. The van der Waals surface area contributed by atoms with Crippen LogP contribution in [-0.4, -0.2) is 31.6 Å². The van der Waals surface area contributed by atoms with Crippen molar-refractivity contribution in [3.05, 3.63) is 28.2 Å². The maximum atomic E-state index is 11.6. The quantitative estimate of drug-likeness (QED) is 0.814. The fourth-order valence-corrected chi connectivity index (χ4v) is 1.80. The summed E-state index contributed by atoms with van der Waals surface area (Å²) in [6, 6.07) is 5.10. The predicted octanol–water partition coefficient (Wildman–Crippen LogP) is 2.49. The van der Waals surface area contributed by atoms with Gasteiger partial charge in [-0.2, -0.15) is 0 Å². The van der Waals surface area contributed by atoms with Gasteiger partial charge in [-0.05, 0) is 25.6 Å². The van der Waals surface area contributed by atoms with Crippen molar-refractivity contribution in [1.82, 2.24) is 10.6 Å². The van der Waals surface area contributed by atoms with Crippen LogP contribution in [0.25, 0.3) is 0 Å². The van der Waals surface area contributed by atoms with E-state index in [0.717, 1.165) is 6.54 Å². The van der Waals surface area contributed by atoms with Crippen molar-refractivity contribution in [2.24, 2.45) is 0 Å². The van der Waals surface area contributed by atoms with Gasteiger partial charge < -0.3 is 15.4 Å². The highest BCUT2D eigenvalue weighted by molar-refractivity contribution is 6.34. The Morgan fingerprint density at radius 1 is 1.42 bits per heavy atom. The minimum Gasteiger partial charge on any atom is -0.482 e. The summed E-state index contributed by atoms with van der Waals surface area (Å²) >= 11 is 11.7. The number of carbonyl (C=O) groups is 1. The van der Waals surface area contributed by atoms with Crippen LogP contribution >= 0.6 is 23.2 Å². The van der Waals surface area contributed by atoms with Crippen LogP contribution in [0.1, 0.15) is 13.8 Å². The van der Waals surface area contributed by atoms with Crippen LogP contribution in [-0.2, 0) is 4.79 Å². The molecule has 19 heavy (non-hydrogen) atoms. The second kappa shape index (κ2) is 8.25. The smallest absolute Gasteiger partial charge is 0.257 e. The molecule has 6 heteroatoms. The lowest BCUT2D eigenvalue weighted by molar-refractivity contribution is -0.123. The third kappa shape index (κ3) is 6.14.